The molecule has 2 atom stereocenters. The molecule has 2 unspecified atom stereocenters. The van der Waals surface area contributed by atoms with E-state index in [1.807, 2.05) is 32.0 Å². The zero-order valence-electron chi connectivity index (χ0n) is 13.2. The number of carboxylic acid groups (broad SMARTS) is 1. The summed E-state index contributed by atoms with van der Waals surface area (Å²) >= 11 is 0. The summed E-state index contributed by atoms with van der Waals surface area (Å²) in [7, 11) is 0. The number of piperidine rings is 2. The molecule has 3 rings (SSSR count). The van der Waals surface area contributed by atoms with Crippen molar-refractivity contribution in [1.29, 1.82) is 0 Å². The number of hydrogen-bond donors (Lipinski definition) is 2. The molecule has 22 heavy (non-hydrogen) atoms. The van der Waals surface area contributed by atoms with Crippen LogP contribution in [0.1, 0.15) is 19.4 Å². The van der Waals surface area contributed by atoms with Crippen LogP contribution in [0.25, 0.3) is 0 Å². The second kappa shape index (κ2) is 5.25. The molecule has 120 valence electrons. The highest BCUT2D eigenvalue weighted by atomic mass is 16.4. The molecule has 5 nitrogen and oxygen atoms in total. The van der Waals surface area contributed by atoms with Crippen molar-refractivity contribution in [2.75, 3.05) is 26.2 Å². The number of hydrogen-bond acceptors (Lipinski definition) is 3. The van der Waals surface area contributed by atoms with Crippen LogP contribution in [0.3, 0.4) is 0 Å². The molecule has 1 aromatic rings. The van der Waals surface area contributed by atoms with Crippen LogP contribution < -0.4 is 0 Å². The van der Waals surface area contributed by atoms with E-state index in [4.69, 9.17) is 0 Å². The summed E-state index contributed by atoms with van der Waals surface area (Å²) in [5.74, 6) is 0. The van der Waals surface area contributed by atoms with Crippen LogP contribution in [0, 0.1) is 10.8 Å². The standard InChI is InChI=1S/C17H24N2O3/c1-16-9-18(8-13-6-4-3-5-7-13)10-17(2,14(16)20)12-19(11-16)15(21)22/h3-7,14,20H,8-12H2,1-2H3,(H,21,22). The molecule has 0 saturated carbocycles. The number of rotatable bonds is 2. The van der Waals surface area contributed by atoms with Crippen molar-refractivity contribution in [3.63, 3.8) is 0 Å². The lowest BCUT2D eigenvalue weighted by atomic mass is 9.63. The highest BCUT2D eigenvalue weighted by Crippen LogP contribution is 2.46. The number of fused-ring (bicyclic) bond motifs is 2. The molecule has 2 saturated heterocycles. The fourth-order valence-corrected chi connectivity index (χ4v) is 4.38. The third-order valence-corrected chi connectivity index (χ3v) is 5.11. The minimum atomic E-state index is -0.888. The van der Waals surface area contributed by atoms with Gasteiger partial charge in [0.15, 0.2) is 0 Å². The molecule has 1 aromatic carbocycles. The van der Waals surface area contributed by atoms with Gasteiger partial charge >= 0.3 is 6.09 Å². The molecule has 1 amide bonds. The molecule has 2 bridgehead atoms. The molecule has 2 aliphatic rings. The normalized spacial score (nSPS) is 35.4. The highest BCUT2D eigenvalue weighted by molar-refractivity contribution is 5.65. The van der Waals surface area contributed by atoms with E-state index < -0.39 is 23.0 Å². The van der Waals surface area contributed by atoms with Crippen molar-refractivity contribution in [3.8, 4) is 0 Å². The lowest BCUT2D eigenvalue weighted by Crippen LogP contribution is -2.70. The summed E-state index contributed by atoms with van der Waals surface area (Å²) in [5, 5.41) is 20.1. The zero-order chi connectivity index (χ0) is 16.0. The van der Waals surface area contributed by atoms with Gasteiger partial charge < -0.3 is 15.1 Å². The molecular formula is C17H24N2O3. The van der Waals surface area contributed by atoms with Crippen molar-refractivity contribution >= 4 is 6.09 Å². The molecule has 0 spiro atoms. The third-order valence-electron chi connectivity index (χ3n) is 5.11. The van der Waals surface area contributed by atoms with E-state index in [-0.39, 0.29) is 0 Å². The van der Waals surface area contributed by atoms with E-state index in [0.717, 1.165) is 6.54 Å². The SMILES string of the molecule is CC12CN(Cc3ccccc3)CC(C)(CN(C(=O)O)C1)C2O. The Hall–Kier alpha value is -1.59. The molecule has 0 aromatic heterocycles. The van der Waals surface area contributed by atoms with Gasteiger partial charge in [-0.3, -0.25) is 4.90 Å². The van der Waals surface area contributed by atoms with E-state index in [0.29, 0.717) is 26.2 Å². The Morgan fingerprint density at radius 2 is 1.68 bits per heavy atom. The fraction of sp³-hybridized carbons (Fsp3) is 0.588. The topological polar surface area (TPSA) is 64.0 Å². The average Bonchev–Trinajstić information content (AvgIpc) is 2.43. The van der Waals surface area contributed by atoms with Gasteiger partial charge in [0, 0.05) is 43.6 Å². The predicted octanol–water partition coefficient (Wildman–Crippen LogP) is 1.87. The van der Waals surface area contributed by atoms with Gasteiger partial charge in [0.05, 0.1) is 6.10 Å². The maximum absolute atomic E-state index is 11.4. The van der Waals surface area contributed by atoms with Crippen molar-refractivity contribution < 1.29 is 15.0 Å². The van der Waals surface area contributed by atoms with Crippen molar-refractivity contribution in [1.82, 2.24) is 9.80 Å². The van der Waals surface area contributed by atoms with Crippen LogP contribution in [0.5, 0.6) is 0 Å². The van der Waals surface area contributed by atoms with E-state index in [1.54, 1.807) is 0 Å². The van der Waals surface area contributed by atoms with E-state index in [1.165, 1.54) is 10.5 Å². The Morgan fingerprint density at radius 3 is 2.18 bits per heavy atom. The predicted molar refractivity (Wildman–Crippen MR) is 83.5 cm³/mol. The van der Waals surface area contributed by atoms with Gasteiger partial charge in [-0.25, -0.2) is 4.79 Å². The summed E-state index contributed by atoms with van der Waals surface area (Å²) in [6.07, 6.45) is -1.36. The number of aliphatic hydroxyl groups excluding tert-OH is 1. The van der Waals surface area contributed by atoms with Gasteiger partial charge in [-0.1, -0.05) is 44.2 Å². The van der Waals surface area contributed by atoms with Gasteiger partial charge in [-0.05, 0) is 5.56 Å². The summed E-state index contributed by atoms with van der Waals surface area (Å²) in [6, 6.07) is 10.3. The van der Waals surface area contributed by atoms with Crippen molar-refractivity contribution in [2.45, 2.75) is 26.5 Å². The number of benzene rings is 1. The van der Waals surface area contributed by atoms with Gasteiger partial charge in [0.25, 0.3) is 0 Å². The van der Waals surface area contributed by atoms with E-state index >= 15 is 0 Å². The lowest BCUT2D eigenvalue weighted by molar-refractivity contribution is -0.169. The van der Waals surface area contributed by atoms with Gasteiger partial charge in [-0.15, -0.1) is 0 Å². The first kappa shape index (κ1) is 15.3. The molecule has 0 radical (unpaired) electrons. The molecule has 2 heterocycles. The molecule has 2 N–H and O–H groups in total. The minimum absolute atomic E-state index is 0.393. The summed E-state index contributed by atoms with van der Waals surface area (Å²) < 4.78 is 0. The summed E-state index contributed by atoms with van der Waals surface area (Å²) in [5.41, 5.74) is 0.413. The third kappa shape index (κ3) is 2.59. The van der Waals surface area contributed by atoms with Crippen molar-refractivity contribution in [2.24, 2.45) is 10.8 Å². The maximum atomic E-state index is 11.4. The molecular weight excluding hydrogens is 280 g/mol. The van der Waals surface area contributed by atoms with Crippen LogP contribution >= 0.6 is 0 Å². The second-order valence-corrected chi connectivity index (χ2v) is 7.48. The zero-order valence-corrected chi connectivity index (χ0v) is 13.2. The number of nitrogens with zero attached hydrogens (tertiary/aromatic N) is 2. The Morgan fingerprint density at radius 1 is 1.14 bits per heavy atom. The van der Waals surface area contributed by atoms with E-state index in [9.17, 15) is 15.0 Å². The Labute approximate surface area is 131 Å². The molecule has 0 aliphatic carbocycles. The summed E-state index contributed by atoms with van der Waals surface area (Å²) in [4.78, 5) is 15.2. The average molecular weight is 304 g/mol. The van der Waals surface area contributed by atoms with Crippen LogP contribution in [-0.4, -0.2) is 58.4 Å². The fourth-order valence-electron chi connectivity index (χ4n) is 4.38. The van der Waals surface area contributed by atoms with Crippen LogP contribution in [0.15, 0.2) is 30.3 Å². The first-order valence-corrected chi connectivity index (χ1v) is 7.75. The first-order valence-electron chi connectivity index (χ1n) is 7.75. The van der Waals surface area contributed by atoms with Gasteiger partial charge in [0.2, 0.25) is 0 Å². The number of aliphatic hydroxyl groups is 1. The number of amides is 1. The second-order valence-electron chi connectivity index (χ2n) is 7.48. The molecule has 2 fully saturated rings. The van der Waals surface area contributed by atoms with Crippen LogP contribution in [0.4, 0.5) is 4.79 Å². The lowest BCUT2D eigenvalue weighted by Gasteiger charge is -2.59. The molecule has 5 heteroatoms. The van der Waals surface area contributed by atoms with Gasteiger partial charge in [0.1, 0.15) is 0 Å². The quantitative estimate of drug-likeness (QED) is 0.875. The summed E-state index contributed by atoms with van der Waals surface area (Å²) in [6.45, 7) is 7.05. The van der Waals surface area contributed by atoms with Crippen LogP contribution in [0.2, 0.25) is 0 Å². The van der Waals surface area contributed by atoms with Crippen molar-refractivity contribution in [3.05, 3.63) is 35.9 Å². The first-order chi connectivity index (χ1) is 10.3. The largest absolute Gasteiger partial charge is 0.465 e. The number of likely N-dealkylation sites (tertiary alicyclic amines) is 2. The van der Waals surface area contributed by atoms with Gasteiger partial charge in [-0.2, -0.15) is 0 Å². The van der Waals surface area contributed by atoms with E-state index in [2.05, 4.69) is 17.0 Å². The Bertz CT molecular complexity index is 542. The molecule has 2 aliphatic heterocycles. The smallest absolute Gasteiger partial charge is 0.407 e. The maximum Gasteiger partial charge on any atom is 0.407 e. The van der Waals surface area contributed by atoms with Crippen LogP contribution in [-0.2, 0) is 6.54 Å². The highest BCUT2D eigenvalue weighted by Gasteiger charge is 2.56. The monoisotopic (exact) mass is 304 g/mol. The number of carbonyl (C=O) groups is 1. The minimum Gasteiger partial charge on any atom is -0.465 e. The Kier molecular flexibility index (Phi) is 3.65. The Balaban J connectivity index is 1.82.